The van der Waals surface area contributed by atoms with Crippen LogP contribution in [-0.2, 0) is 0 Å². The smallest absolute Gasteiger partial charge is 0.224 e. The number of aromatic nitrogens is 2. The predicted octanol–water partition coefficient (Wildman–Crippen LogP) is -0.450. The molecule has 1 aliphatic rings. The molecule has 1 aromatic heterocycles. The number of nitrogens with zero attached hydrogens (tertiary/aromatic N) is 4. The van der Waals surface area contributed by atoms with Gasteiger partial charge in [-0.2, -0.15) is 9.97 Å². The van der Waals surface area contributed by atoms with Crippen molar-refractivity contribution in [3.63, 3.8) is 0 Å². The maximum atomic E-state index is 5.47. The quantitative estimate of drug-likeness (QED) is 0.521. The standard InChI is InChI=1S/C5H5N6/c6-3-2-4(9-1-8-2)11-5(7)10-3/h1H,(H4,6,7,10,11). The zero-order valence-corrected chi connectivity index (χ0v) is 5.52. The number of hydrogen-bond acceptors (Lipinski definition) is 5. The second-order valence-electron chi connectivity index (χ2n) is 2.01. The SMILES string of the molecule is Nc1nc(N)c2c(n1)N=C[N]2. The van der Waals surface area contributed by atoms with Gasteiger partial charge in [-0.15, -0.1) is 0 Å². The molecule has 1 aromatic rings. The fourth-order valence-electron chi connectivity index (χ4n) is 0.833. The fourth-order valence-corrected chi connectivity index (χ4v) is 0.833. The van der Waals surface area contributed by atoms with Crippen LogP contribution in [-0.4, -0.2) is 16.3 Å². The molecule has 0 unspecified atom stereocenters. The number of nitrogen functional groups attached to an aromatic ring is 2. The van der Waals surface area contributed by atoms with Gasteiger partial charge in [0.15, 0.2) is 17.3 Å². The molecule has 0 spiro atoms. The first-order valence-corrected chi connectivity index (χ1v) is 2.94. The molecule has 0 atom stereocenters. The first-order chi connectivity index (χ1) is 5.27. The molecule has 1 radical (unpaired) electrons. The summed E-state index contributed by atoms with van der Waals surface area (Å²) in [5, 5.41) is 3.84. The van der Waals surface area contributed by atoms with E-state index < -0.39 is 0 Å². The van der Waals surface area contributed by atoms with Gasteiger partial charge in [0, 0.05) is 0 Å². The van der Waals surface area contributed by atoms with Crippen LogP contribution in [0.5, 0.6) is 0 Å². The van der Waals surface area contributed by atoms with Crippen LogP contribution in [0.2, 0.25) is 0 Å². The molecular formula is C5H5N6. The molecule has 0 aliphatic carbocycles. The summed E-state index contributed by atoms with van der Waals surface area (Å²) in [6.07, 6.45) is 1.37. The van der Waals surface area contributed by atoms with Crippen LogP contribution in [0.25, 0.3) is 0 Å². The Hall–Kier alpha value is -1.85. The van der Waals surface area contributed by atoms with Crippen molar-refractivity contribution >= 4 is 29.6 Å². The molecule has 6 heteroatoms. The second kappa shape index (κ2) is 1.82. The Morgan fingerprint density at radius 1 is 1.18 bits per heavy atom. The second-order valence-corrected chi connectivity index (χ2v) is 2.01. The number of nitrogens with two attached hydrogens (primary N) is 2. The van der Waals surface area contributed by atoms with Crippen molar-refractivity contribution in [2.45, 2.75) is 0 Å². The van der Waals surface area contributed by atoms with Crippen LogP contribution in [0.15, 0.2) is 4.99 Å². The third-order valence-corrected chi connectivity index (χ3v) is 1.28. The number of hydrogen-bond donors (Lipinski definition) is 2. The molecule has 1 aliphatic heterocycles. The lowest BCUT2D eigenvalue weighted by Crippen LogP contribution is -2.01. The van der Waals surface area contributed by atoms with Crippen molar-refractivity contribution in [1.82, 2.24) is 15.3 Å². The maximum Gasteiger partial charge on any atom is 0.224 e. The van der Waals surface area contributed by atoms with Gasteiger partial charge in [-0.25, -0.2) is 10.3 Å². The molecule has 4 N–H and O–H groups in total. The highest BCUT2D eigenvalue weighted by atomic mass is 15.2. The van der Waals surface area contributed by atoms with Crippen LogP contribution in [0, 0.1) is 0 Å². The van der Waals surface area contributed by atoms with Gasteiger partial charge in [-0.3, -0.25) is 0 Å². The minimum Gasteiger partial charge on any atom is -0.382 e. The Morgan fingerprint density at radius 2 is 2.00 bits per heavy atom. The van der Waals surface area contributed by atoms with Crippen LogP contribution >= 0.6 is 0 Å². The lowest BCUT2D eigenvalue weighted by atomic mass is 10.4. The molecule has 0 amide bonds. The normalized spacial score (nSPS) is 12.7. The van der Waals surface area contributed by atoms with Gasteiger partial charge in [0.2, 0.25) is 5.95 Å². The van der Waals surface area contributed by atoms with Gasteiger partial charge in [-0.1, -0.05) is 0 Å². The van der Waals surface area contributed by atoms with Gasteiger partial charge in [0.1, 0.15) is 6.34 Å². The number of aliphatic imine (C=N–C) groups is 1. The van der Waals surface area contributed by atoms with Crippen molar-refractivity contribution < 1.29 is 0 Å². The highest BCUT2D eigenvalue weighted by molar-refractivity contribution is 5.85. The first-order valence-electron chi connectivity index (χ1n) is 2.94. The van der Waals surface area contributed by atoms with Crippen molar-refractivity contribution in [2.24, 2.45) is 4.99 Å². The Bertz CT molecular complexity index is 330. The Kier molecular flexibility index (Phi) is 0.974. The van der Waals surface area contributed by atoms with E-state index in [2.05, 4.69) is 20.3 Å². The van der Waals surface area contributed by atoms with Crippen LogP contribution < -0.4 is 16.8 Å². The third-order valence-electron chi connectivity index (χ3n) is 1.28. The third kappa shape index (κ3) is 0.759. The number of fused-ring (bicyclic) bond motifs is 1. The Morgan fingerprint density at radius 3 is 2.82 bits per heavy atom. The molecule has 0 aromatic carbocycles. The van der Waals surface area contributed by atoms with E-state index in [1.54, 1.807) is 0 Å². The van der Waals surface area contributed by atoms with Crippen LogP contribution in [0.3, 0.4) is 0 Å². The minimum atomic E-state index is 0.121. The lowest BCUT2D eigenvalue weighted by molar-refractivity contribution is 1.17. The van der Waals surface area contributed by atoms with Crippen molar-refractivity contribution in [3.8, 4) is 0 Å². The summed E-state index contributed by atoms with van der Waals surface area (Å²) >= 11 is 0. The minimum absolute atomic E-state index is 0.121. The molecule has 0 saturated heterocycles. The number of anilines is 2. The lowest BCUT2D eigenvalue weighted by Gasteiger charge is -1.99. The van der Waals surface area contributed by atoms with Gasteiger partial charge in [0.05, 0.1) is 0 Å². The van der Waals surface area contributed by atoms with Gasteiger partial charge < -0.3 is 11.5 Å². The summed E-state index contributed by atoms with van der Waals surface area (Å²) in [5.74, 6) is 0.829. The number of rotatable bonds is 0. The summed E-state index contributed by atoms with van der Waals surface area (Å²) in [6, 6.07) is 0. The van der Waals surface area contributed by atoms with Gasteiger partial charge in [0.25, 0.3) is 0 Å². The van der Waals surface area contributed by atoms with Crippen molar-refractivity contribution in [3.05, 3.63) is 0 Å². The first kappa shape index (κ1) is 5.90. The van der Waals surface area contributed by atoms with E-state index >= 15 is 0 Å². The highest BCUT2D eigenvalue weighted by Crippen LogP contribution is 2.30. The molecule has 6 nitrogen and oxygen atoms in total. The van der Waals surface area contributed by atoms with Crippen LogP contribution in [0.1, 0.15) is 0 Å². The van der Waals surface area contributed by atoms with Crippen LogP contribution in [0.4, 0.5) is 23.3 Å². The Balaban J connectivity index is 2.66. The molecule has 55 valence electrons. The zero-order chi connectivity index (χ0) is 7.84. The topological polar surface area (TPSA) is 104 Å². The molecule has 11 heavy (non-hydrogen) atoms. The van der Waals surface area contributed by atoms with E-state index in [0.29, 0.717) is 11.5 Å². The fraction of sp³-hybridized carbons (Fsp3) is 0. The molecule has 2 heterocycles. The largest absolute Gasteiger partial charge is 0.382 e. The summed E-state index contributed by atoms with van der Waals surface area (Å²) in [7, 11) is 0. The van der Waals surface area contributed by atoms with E-state index in [1.165, 1.54) is 6.34 Å². The van der Waals surface area contributed by atoms with E-state index in [1.807, 2.05) is 0 Å². The average molecular weight is 149 g/mol. The van der Waals surface area contributed by atoms with Crippen molar-refractivity contribution in [2.75, 3.05) is 11.5 Å². The van der Waals surface area contributed by atoms with Gasteiger partial charge in [-0.05, 0) is 0 Å². The molecule has 0 saturated carbocycles. The molecule has 0 bridgehead atoms. The molecule has 0 fully saturated rings. The monoisotopic (exact) mass is 149 g/mol. The van der Waals surface area contributed by atoms with E-state index in [9.17, 15) is 0 Å². The summed E-state index contributed by atoms with van der Waals surface area (Å²) < 4.78 is 0. The molecular weight excluding hydrogens is 144 g/mol. The Labute approximate surface area is 62.4 Å². The highest BCUT2D eigenvalue weighted by Gasteiger charge is 2.14. The average Bonchev–Trinajstić information content (AvgIpc) is 2.34. The van der Waals surface area contributed by atoms with E-state index in [4.69, 9.17) is 11.5 Å². The molecule has 2 rings (SSSR count). The summed E-state index contributed by atoms with van der Waals surface area (Å²) in [4.78, 5) is 11.3. The van der Waals surface area contributed by atoms with Crippen molar-refractivity contribution in [1.29, 1.82) is 0 Å². The van der Waals surface area contributed by atoms with Gasteiger partial charge >= 0.3 is 0 Å². The summed E-state index contributed by atoms with van der Waals surface area (Å²) in [5.41, 5.74) is 11.3. The maximum absolute atomic E-state index is 5.47. The summed E-state index contributed by atoms with van der Waals surface area (Å²) in [6.45, 7) is 0. The van der Waals surface area contributed by atoms with E-state index in [-0.39, 0.29) is 11.8 Å². The van der Waals surface area contributed by atoms with E-state index in [0.717, 1.165) is 0 Å². The predicted molar refractivity (Wildman–Crippen MR) is 40.8 cm³/mol. The zero-order valence-electron chi connectivity index (χ0n) is 5.52.